The van der Waals surface area contributed by atoms with Gasteiger partial charge < -0.3 is 5.32 Å². The van der Waals surface area contributed by atoms with Crippen molar-refractivity contribution in [1.82, 2.24) is 5.32 Å². The molecule has 0 aliphatic carbocycles. The van der Waals surface area contributed by atoms with Crippen LogP contribution in [0.2, 0.25) is 0 Å². The van der Waals surface area contributed by atoms with E-state index in [9.17, 15) is 0 Å². The first-order valence-corrected chi connectivity index (χ1v) is 4.84. The predicted octanol–water partition coefficient (Wildman–Crippen LogP) is 3.08. The summed E-state index contributed by atoms with van der Waals surface area (Å²) < 4.78 is 0. The van der Waals surface area contributed by atoms with Crippen molar-refractivity contribution in [2.45, 2.75) is 13.0 Å². The summed E-state index contributed by atoms with van der Waals surface area (Å²) in [5, 5.41) is 3.28. The Kier molecular flexibility index (Phi) is 4.14. The molecule has 1 nitrogen and oxygen atoms in total. The number of nitrogens with one attached hydrogen (secondary N) is 1. The zero-order valence-electron chi connectivity index (χ0n) is 8.83. The molecule has 0 heterocycles. The molecular formula is C13H17N. The van der Waals surface area contributed by atoms with Gasteiger partial charge in [0.1, 0.15) is 0 Å². The van der Waals surface area contributed by atoms with Crippen molar-refractivity contribution >= 4 is 0 Å². The summed E-state index contributed by atoms with van der Waals surface area (Å²) in [5.41, 5.74) is 2.47. The van der Waals surface area contributed by atoms with Crippen molar-refractivity contribution in [1.29, 1.82) is 0 Å². The molecule has 0 aromatic heterocycles. The molecule has 14 heavy (non-hydrogen) atoms. The molecule has 1 N–H and O–H groups in total. The van der Waals surface area contributed by atoms with Gasteiger partial charge in [0, 0.05) is 0 Å². The molecule has 0 spiro atoms. The molecule has 0 bridgehead atoms. The molecule has 74 valence electrons. The Bertz CT molecular complexity index is 311. The Labute approximate surface area is 86.2 Å². The number of benzene rings is 1. The Balaban J connectivity index is 2.98. The largest absolute Gasteiger partial charge is 0.309 e. The van der Waals surface area contributed by atoms with Crippen molar-refractivity contribution in [2.75, 3.05) is 7.05 Å². The molecule has 1 aromatic carbocycles. The third-order valence-corrected chi connectivity index (χ3v) is 2.32. The van der Waals surface area contributed by atoms with Crippen LogP contribution < -0.4 is 5.32 Å². The maximum atomic E-state index is 3.82. The smallest absolute Gasteiger partial charge is 0.0570 e. The third kappa shape index (κ3) is 2.33. The summed E-state index contributed by atoms with van der Waals surface area (Å²) in [7, 11) is 1.96. The highest BCUT2D eigenvalue weighted by Gasteiger charge is 2.10. The van der Waals surface area contributed by atoms with Crippen LogP contribution in [0.15, 0.2) is 54.6 Å². The van der Waals surface area contributed by atoms with Crippen molar-refractivity contribution in [3.63, 3.8) is 0 Å². The monoisotopic (exact) mass is 187 g/mol. The van der Waals surface area contributed by atoms with E-state index in [0.29, 0.717) is 0 Å². The molecule has 0 saturated heterocycles. The molecule has 1 atom stereocenters. The second-order valence-electron chi connectivity index (χ2n) is 3.13. The fourth-order valence-corrected chi connectivity index (χ4v) is 1.57. The van der Waals surface area contributed by atoms with Crippen molar-refractivity contribution in [3.05, 3.63) is 60.2 Å². The lowest BCUT2D eigenvalue weighted by molar-refractivity contribution is 0.690. The molecule has 0 aliphatic rings. The van der Waals surface area contributed by atoms with E-state index in [1.54, 1.807) is 0 Å². The molecule has 0 amide bonds. The van der Waals surface area contributed by atoms with Gasteiger partial charge >= 0.3 is 0 Å². The van der Waals surface area contributed by atoms with Gasteiger partial charge in [-0.05, 0) is 25.1 Å². The molecule has 1 rings (SSSR count). The average molecular weight is 187 g/mol. The number of hydrogen-bond acceptors (Lipinski definition) is 1. The highest BCUT2D eigenvalue weighted by Crippen LogP contribution is 2.21. The highest BCUT2D eigenvalue weighted by atomic mass is 14.9. The van der Waals surface area contributed by atoms with E-state index in [2.05, 4.69) is 42.2 Å². The van der Waals surface area contributed by atoms with Gasteiger partial charge in [0.15, 0.2) is 0 Å². The minimum atomic E-state index is 0.249. The van der Waals surface area contributed by atoms with Crippen LogP contribution in [0.5, 0.6) is 0 Å². The standard InChI is InChI=1S/C13H17N/c1-4-11(5-2)13(14-3)12-9-7-6-8-10-12/h4-10,13-14H,1H2,2-3H3/b11-5+. The average Bonchev–Trinajstić information content (AvgIpc) is 2.27. The van der Waals surface area contributed by atoms with E-state index < -0.39 is 0 Å². The Morgan fingerprint density at radius 3 is 2.43 bits per heavy atom. The minimum Gasteiger partial charge on any atom is -0.309 e. The molecule has 0 radical (unpaired) electrons. The van der Waals surface area contributed by atoms with Crippen LogP contribution in [-0.4, -0.2) is 7.05 Å². The second-order valence-corrected chi connectivity index (χ2v) is 3.13. The van der Waals surface area contributed by atoms with Gasteiger partial charge in [-0.3, -0.25) is 0 Å². The Morgan fingerprint density at radius 1 is 1.36 bits per heavy atom. The van der Waals surface area contributed by atoms with Gasteiger partial charge in [-0.25, -0.2) is 0 Å². The fraction of sp³-hybridized carbons (Fsp3) is 0.231. The lowest BCUT2D eigenvalue weighted by Gasteiger charge is -2.17. The summed E-state index contributed by atoms with van der Waals surface area (Å²) in [6, 6.07) is 10.6. The van der Waals surface area contributed by atoms with Crippen LogP contribution in [0.3, 0.4) is 0 Å². The van der Waals surface area contributed by atoms with E-state index in [1.807, 2.05) is 26.1 Å². The second kappa shape index (κ2) is 5.40. The van der Waals surface area contributed by atoms with Crippen LogP contribution in [0.25, 0.3) is 0 Å². The topological polar surface area (TPSA) is 12.0 Å². The van der Waals surface area contributed by atoms with Crippen LogP contribution in [0.1, 0.15) is 18.5 Å². The Hall–Kier alpha value is -1.34. The lowest BCUT2D eigenvalue weighted by Crippen LogP contribution is -2.17. The maximum Gasteiger partial charge on any atom is 0.0570 e. The van der Waals surface area contributed by atoms with E-state index in [-0.39, 0.29) is 6.04 Å². The molecule has 0 saturated carbocycles. The molecule has 1 heteroatoms. The molecule has 0 aliphatic heterocycles. The van der Waals surface area contributed by atoms with Crippen molar-refractivity contribution in [2.24, 2.45) is 0 Å². The zero-order valence-corrected chi connectivity index (χ0v) is 8.83. The molecular weight excluding hydrogens is 170 g/mol. The summed E-state index contributed by atoms with van der Waals surface area (Å²) >= 11 is 0. The predicted molar refractivity (Wildman–Crippen MR) is 62.2 cm³/mol. The van der Waals surface area contributed by atoms with E-state index in [0.717, 1.165) is 0 Å². The van der Waals surface area contributed by atoms with Gasteiger partial charge in [-0.1, -0.05) is 49.1 Å². The van der Waals surface area contributed by atoms with E-state index in [1.165, 1.54) is 11.1 Å². The number of likely N-dealkylation sites (N-methyl/N-ethyl adjacent to an activating group) is 1. The number of hydrogen-bond donors (Lipinski definition) is 1. The van der Waals surface area contributed by atoms with Crippen molar-refractivity contribution in [3.8, 4) is 0 Å². The molecule has 1 aromatic rings. The third-order valence-electron chi connectivity index (χ3n) is 2.32. The SMILES string of the molecule is C=C/C(=C\C)C(NC)c1ccccc1. The summed E-state index contributed by atoms with van der Waals surface area (Å²) in [5.74, 6) is 0. The fourth-order valence-electron chi connectivity index (χ4n) is 1.57. The maximum absolute atomic E-state index is 3.82. The minimum absolute atomic E-state index is 0.249. The normalized spacial score (nSPS) is 13.7. The molecule has 1 unspecified atom stereocenters. The van der Waals surface area contributed by atoms with Gasteiger partial charge in [0.2, 0.25) is 0 Å². The van der Waals surface area contributed by atoms with Gasteiger partial charge in [0.25, 0.3) is 0 Å². The summed E-state index contributed by atoms with van der Waals surface area (Å²) in [6.45, 7) is 5.85. The Morgan fingerprint density at radius 2 is 2.00 bits per heavy atom. The lowest BCUT2D eigenvalue weighted by atomic mass is 9.99. The van der Waals surface area contributed by atoms with Gasteiger partial charge in [-0.2, -0.15) is 0 Å². The number of allylic oxidation sites excluding steroid dienone is 1. The summed E-state index contributed by atoms with van der Waals surface area (Å²) in [4.78, 5) is 0. The zero-order chi connectivity index (χ0) is 10.4. The molecule has 0 fully saturated rings. The van der Waals surface area contributed by atoms with Gasteiger partial charge in [-0.15, -0.1) is 0 Å². The van der Waals surface area contributed by atoms with Gasteiger partial charge in [0.05, 0.1) is 6.04 Å². The first-order chi connectivity index (χ1) is 6.83. The first kappa shape index (κ1) is 10.7. The highest BCUT2D eigenvalue weighted by molar-refractivity contribution is 5.32. The van der Waals surface area contributed by atoms with Crippen LogP contribution in [-0.2, 0) is 0 Å². The van der Waals surface area contributed by atoms with Crippen LogP contribution in [0.4, 0.5) is 0 Å². The summed E-state index contributed by atoms with van der Waals surface area (Å²) in [6.07, 6.45) is 3.98. The van der Waals surface area contributed by atoms with E-state index in [4.69, 9.17) is 0 Å². The van der Waals surface area contributed by atoms with Crippen LogP contribution in [0, 0.1) is 0 Å². The van der Waals surface area contributed by atoms with E-state index >= 15 is 0 Å². The first-order valence-electron chi connectivity index (χ1n) is 4.84. The van der Waals surface area contributed by atoms with Crippen LogP contribution >= 0.6 is 0 Å². The van der Waals surface area contributed by atoms with Crippen molar-refractivity contribution < 1.29 is 0 Å². The number of rotatable bonds is 4. The quantitative estimate of drug-likeness (QED) is 0.714.